The lowest BCUT2D eigenvalue weighted by atomic mass is 10.1. The Balaban J connectivity index is 1.79. The molecule has 0 saturated carbocycles. The highest BCUT2D eigenvalue weighted by Gasteiger charge is 2.09. The lowest BCUT2D eigenvalue weighted by molar-refractivity contribution is 0.591. The average molecular weight is 354 g/mol. The van der Waals surface area contributed by atoms with Crippen molar-refractivity contribution in [1.82, 2.24) is 5.32 Å². The van der Waals surface area contributed by atoms with Gasteiger partial charge >= 0.3 is 0 Å². The summed E-state index contributed by atoms with van der Waals surface area (Å²) in [5.74, 6) is 0.792. The smallest absolute Gasteiger partial charge is 0.124 e. The Labute approximate surface area is 132 Å². The van der Waals surface area contributed by atoms with Crippen LogP contribution < -0.4 is 5.32 Å². The Kier molecular flexibility index (Phi) is 6.07. The summed E-state index contributed by atoms with van der Waals surface area (Å²) in [5.41, 5.74) is 1.08. The molecule has 0 aromatic heterocycles. The zero-order chi connectivity index (χ0) is 14.4. The molecular weight excluding hydrogens is 337 g/mol. The largest absolute Gasteiger partial charge is 0.309 e. The fraction of sp³-hybridized carbons (Fsp3) is 0.250. The van der Waals surface area contributed by atoms with Crippen LogP contribution in [0.25, 0.3) is 0 Å². The van der Waals surface area contributed by atoms with Gasteiger partial charge in [0, 0.05) is 27.7 Å². The second-order valence-corrected chi connectivity index (χ2v) is 6.53. The molecule has 0 spiro atoms. The number of hydrogen-bond acceptors (Lipinski definition) is 2. The van der Waals surface area contributed by atoms with Crippen molar-refractivity contribution in [2.75, 3.05) is 12.3 Å². The van der Waals surface area contributed by atoms with Crippen molar-refractivity contribution >= 4 is 27.7 Å². The first-order valence-electron chi connectivity index (χ1n) is 6.53. The maximum atomic E-state index is 13.1. The Morgan fingerprint density at radius 2 is 1.95 bits per heavy atom. The van der Waals surface area contributed by atoms with Crippen LogP contribution in [0.15, 0.2) is 57.9 Å². The minimum Gasteiger partial charge on any atom is -0.309 e. The lowest BCUT2D eigenvalue weighted by Crippen LogP contribution is -2.21. The van der Waals surface area contributed by atoms with Crippen LogP contribution in [0.5, 0.6) is 0 Å². The summed E-state index contributed by atoms with van der Waals surface area (Å²) in [6, 6.07) is 15.4. The van der Waals surface area contributed by atoms with E-state index in [1.807, 2.05) is 36.0 Å². The van der Waals surface area contributed by atoms with E-state index >= 15 is 0 Å². The van der Waals surface area contributed by atoms with Gasteiger partial charge in [-0.25, -0.2) is 4.39 Å². The molecule has 0 aliphatic heterocycles. The highest BCUT2D eigenvalue weighted by molar-refractivity contribution is 9.10. The number of benzene rings is 2. The summed E-state index contributed by atoms with van der Waals surface area (Å²) >= 11 is 5.24. The van der Waals surface area contributed by atoms with Gasteiger partial charge in [-0.3, -0.25) is 0 Å². The van der Waals surface area contributed by atoms with Crippen molar-refractivity contribution in [2.45, 2.75) is 17.9 Å². The predicted octanol–water partition coefficient (Wildman–Crippen LogP) is 5.03. The second-order valence-electron chi connectivity index (χ2n) is 4.50. The number of nitrogens with one attached hydrogen (secondary N) is 1. The van der Waals surface area contributed by atoms with E-state index in [-0.39, 0.29) is 11.9 Å². The molecule has 1 N–H and O–H groups in total. The quantitative estimate of drug-likeness (QED) is 0.577. The van der Waals surface area contributed by atoms with Crippen LogP contribution >= 0.6 is 27.7 Å². The predicted molar refractivity (Wildman–Crippen MR) is 87.7 cm³/mol. The molecular formula is C16H17BrFNS. The van der Waals surface area contributed by atoms with Crippen molar-refractivity contribution < 1.29 is 4.39 Å². The van der Waals surface area contributed by atoms with Gasteiger partial charge < -0.3 is 5.32 Å². The fourth-order valence-electron chi connectivity index (χ4n) is 1.92. The Hall–Kier alpha value is -0.840. The molecule has 0 amide bonds. The van der Waals surface area contributed by atoms with E-state index in [9.17, 15) is 4.39 Å². The third-order valence-corrected chi connectivity index (χ3v) is 4.69. The van der Waals surface area contributed by atoms with Gasteiger partial charge in [-0.15, -0.1) is 11.8 Å². The summed E-state index contributed by atoms with van der Waals surface area (Å²) in [7, 11) is 0. The molecule has 20 heavy (non-hydrogen) atoms. The summed E-state index contributed by atoms with van der Waals surface area (Å²) in [6.07, 6.45) is 0. The third kappa shape index (κ3) is 4.62. The first-order valence-corrected chi connectivity index (χ1v) is 8.31. The zero-order valence-corrected chi connectivity index (χ0v) is 13.7. The molecule has 0 aliphatic rings. The summed E-state index contributed by atoms with van der Waals surface area (Å²) in [5, 5.41) is 3.46. The van der Waals surface area contributed by atoms with E-state index in [2.05, 4.69) is 40.3 Å². The first-order chi connectivity index (χ1) is 9.66. The molecule has 1 nitrogen and oxygen atoms in total. The first kappa shape index (κ1) is 15.5. The zero-order valence-electron chi connectivity index (χ0n) is 11.3. The lowest BCUT2D eigenvalue weighted by Gasteiger charge is -2.15. The number of thioether (sulfide) groups is 1. The summed E-state index contributed by atoms with van der Waals surface area (Å²) < 4.78 is 13.9. The van der Waals surface area contributed by atoms with Gasteiger partial charge in [0.15, 0.2) is 0 Å². The topological polar surface area (TPSA) is 12.0 Å². The highest BCUT2D eigenvalue weighted by atomic mass is 79.9. The fourth-order valence-corrected chi connectivity index (χ4v) is 3.42. The van der Waals surface area contributed by atoms with Crippen LogP contribution in [0.2, 0.25) is 0 Å². The maximum absolute atomic E-state index is 13.1. The van der Waals surface area contributed by atoms with Gasteiger partial charge in [-0.05, 0) is 36.8 Å². The average Bonchev–Trinajstić information content (AvgIpc) is 2.44. The molecule has 0 saturated heterocycles. The number of halogens is 2. The number of hydrogen-bond donors (Lipinski definition) is 1. The molecule has 2 aromatic rings. The highest BCUT2D eigenvalue weighted by Crippen LogP contribution is 2.24. The van der Waals surface area contributed by atoms with Crippen LogP contribution in [0.4, 0.5) is 4.39 Å². The molecule has 0 aliphatic carbocycles. The normalized spacial score (nSPS) is 12.3. The van der Waals surface area contributed by atoms with E-state index in [0.717, 1.165) is 22.3 Å². The van der Waals surface area contributed by atoms with E-state index in [4.69, 9.17) is 0 Å². The van der Waals surface area contributed by atoms with Gasteiger partial charge in [0.25, 0.3) is 0 Å². The summed E-state index contributed by atoms with van der Waals surface area (Å²) in [4.78, 5) is 1.28. The van der Waals surface area contributed by atoms with Gasteiger partial charge in [0.05, 0.1) is 0 Å². The van der Waals surface area contributed by atoms with Gasteiger partial charge in [-0.2, -0.15) is 0 Å². The van der Waals surface area contributed by atoms with E-state index in [0.29, 0.717) is 0 Å². The van der Waals surface area contributed by atoms with Crippen LogP contribution in [0.3, 0.4) is 0 Å². The molecule has 1 unspecified atom stereocenters. The van der Waals surface area contributed by atoms with Gasteiger partial charge in [-0.1, -0.05) is 40.2 Å². The van der Waals surface area contributed by atoms with Crippen LogP contribution in [-0.4, -0.2) is 12.3 Å². The van der Waals surface area contributed by atoms with Gasteiger partial charge in [0.2, 0.25) is 0 Å². The van der Waals surface area contributed by atoms with Crippen LogP contribution in [0.1, 0.15) is 18.5 Å². The molecule has 1 atom stereocenters. The van der Waals surface area contributed by atoms with Gasteiger partial charge in [0.1, 0.15) is 5.82 Å². The van der Waals surface area contributed by atoms with E-state index < -0.39 is 0 Å². The minimum atomic E-state index is -0.215. The molecule has 106 valence electrons. The monoisotopic (exact) mass is 353 g/mol. The maximum Gasteiger partial charge on any atom is 0.124 e. The third-order valence-electron chi connectivity index (χ3n) is 2.99. The van der Waals surface area contributed by atoms with Crippen LogP contribution in [0, 0.1) is 5.82 Å². The molecule has 0 fully saturated rings. The minimum absolute atomic E-state index is 0.196. The SMILES string of the molecule is CC(NCCSc1ccccc1)c1ccc(F)cc1Br. The van der Waals surface area contributed by atoms with Crippen molar-refractivity contribution in [3.05, 3.63) is 64.4 Å². The standard InChI is InChI=1S/C16H17BrFNS/c1-12(15-8-7-13(18)11-16(15)17)19-9-10-20-14-5-3-2-4-6-14/h2-8,11-12,19H,9-10H2,1H3. The van der Waals surface area contributed by atoms with Crippen molar-refractivity contribution in [3.8, 4) is 0 Å². The van der Waals surface area contributed by atoms with E-state index in [1.165, 1.54) is 17.0 Å². The van der Waals surface area contributed by atoms with Crippen LogP contribution in [-0.2, 0) is 0 Å². The molecule has 0 heterocycles. The Bertz CT molecular complexity index is 547. The Morgan fingerprint density at radius 3 is 2.65 bits per heavy atom. The number of rotatable bonds is 6. The molecule has 4 heteroatoms. The van der Waals surface area contributed by atoms with Crippen molar-refractivity contribution in [3.63, 3.8) is 0 Å². The van der Waals surface area contributed by atoms with Crippen molar-refractivity contribution in [1.29, 1.82) is 0 Å². The molecule has 0 bridgehead atoms. The molecule has 2 aromatic carbocycles. The molecule has 0 radical (unpaired) electrons. The molecule has 2 rings (SSSR count). The second kappa shape index (κ2) is 7.81. The Morgan fingerprint density at radius 1 is 1.20 bits per heavy atom. The van der Waals surface area contributed by atoms with E-state index in [1.54, 1.807) is 0 Å². The van der Waals surface area contributed by atoms with Crippen molar-refractivity contribution in [2.24, 2.45) is 0 Å². The summed E-state index contributed by atoms with van der Waals surface area (Å²) in [6.45, 7) is 3.00.